The van der Waals surface area contributed by atoms with Gasteiger partial charge in [-0.2, -0.15) is 14.8 Å². The summed E-state index contributed by atoms with van der Waals surface area (Å²) in [4.78, 5) is 22.8. The summed E-state index contributed by atoms with van der Waals surface area (Å²) in [5, 5.41) is 14.5. The van der Waals surface area contributed by atoms with E-state index in [2.05, 4.69) is 28.8 Å². The second-order valence-electron chi connectivity index (χ2n) is 8.34. The third-order valence-corrected chi connectivity index (χ3v) is 6.85. The minimum atomic E-state index is -1.56. The van der Waals surface area contributed by atoms with Gasteiger partial charge in [-0.15, -0.1) is 5.10 Å². The molecule has 0 bridgehead atoms. The van der Waals surface area contributed by atoms with Crippen molar-refractivity contribution in [3.05, 3.63) is 47.3 Å². The molecule has 4 rings (SSSR count). The van der Waals surface area contributed by atoms with Crippen molar-refractivity contribution < 1.29 is 19.0 Å². The van der Waals surface area contributed by atoms with Crippen LogP contribution >= 0.6 is 0 Å². The Labute approximate surface area is 206 Å². The second kappa shape index (κ2) is 10.4. The summed E-state index contributed by atoms with van der Waals surface area (Å²) < 4.78 is 21.3. The van der Waals surface area contributed by atoms with Crippen molar-refractivity contribution in [2.24, 2.45) is 5.10 Å². The quantitative estimate of drug-likeness (QED) is 0.254. The van der Waals surface area contributed by atoms with Gasteiger partial charge in [-0.1, -0.05) is 32.0 Å². The number of carbonyl (C=O) groups is 1. The van der Waals surface area contributed by atoms with E-state index in [0.717, 1.165) is 37.1 Å². The molecule has 2 aromatic carbocycles. The fraction of sp³-hybridized carbons (Fsp3) is 0.320. The Morgan fingerprint density at radius 1 is 1.14 bits per heavy atom. The van der Waals surface area contributed by atoms with E-state index in [4.69, 9.17) is 9.72 Å². The number of para-hydroxylation sites is 1. The number of ether oxygens (including phenoxy) is 1. The van der Waals surface area contributed by atoms with Gasteiger partial charge in [-0.3, -0.25) is 0 Å². The van der Waals surface area contributed by atoms with E-state index < -0.39 is 21.6 Å². The Balaban J connectivity index is 1.87. The van der Waals surface area contributed by atoms with Crippen molar-refractivity contribution in [2.45, 2.75) is 40.5 Å². The number of thiol groups is 1. The highest BCUT2D eigenvalue weighted by Crippen LogP contribution is 2.36. The number of hydrogen-bond acceptors (Lipinski definition) is 7. The fourth-order valence-corrected chi connectivity index (χ4v) is 4.83. The third-order valence-electron chi connectivity index (χ3n) is 5.58. The fourth-order valence-electron chi connectivity index (χ4n) is 3.95. The number of carboxylic acid groups (broad SMARTS) is 1. The largest absolute Gasteiger partial charge is 0.491 e. The normalized spacial score (nSPS) is 14.9. The molecular formula is C25H29FN5O3S+. The van der Waals surface area contributed by atoms with Crippen LogP contribution in [0.5, 0.6) is 11.5 Å². The number of hydrogen-bond donors (Lipinski definition) is 1. The molecule has 0 aliphatic carbocycles. The first kappa shape index (κ1) is 24.6. The lowest BCUT2D eigenvalue weighted by atomic mass is 10.1. The SMILES string of the molecule is CCCN(CCC)c1nc(N2C=[SH+](C(=O)O)C=N2)nc2cc(F)c(Oc3c(C)cccc3C)cc12. The zero-order chi connectivity index (χ0) is 25.1. The van der Waals surface area contributed by atoms with Crippen LogP contribution in [0.3, 0.4) is 0 Å². The number of fused-ring (bicyclic) bond motifs is 1. The number of anilines is 2. The number of aromatic nitrogens is 2. The first-order chi connectivity index (χ1) is 16.8. The Morgan fingerprint density at radius 3 is 2.43 bits per heavy atom. The minimum absolute atomic E-state index is 0.0978. The number of halogens is 1. The second-order valence-corrected chi connectivity index (χ2v) is 10.00. The minimum Gasteiger partial charge on any atom is -0.454 e. The number of benzene rings is 2. The van der Waals surface area contributed by atoms with Gasteiger partial charge in [-0.05, 0) is 43.9 Å². The predicted octanol–water partition coefficient (Wildman–Crippen LogP) is 5.36. The molecule has 0 spiro atoms. The molecule has 8 nitrogen and oxygen atoms in total. The maximum atomic E-state index is 15.2. The van der Waals surface area contributed by atoms with Crippen LogP contribution in [-0.4, -0.2) is 44.5 Å². The summed E-state index contributed by atoms with van der Waals surface area (Å²) in [5.41, 5.74) is 5.08. The number of rotatable bonds is 8. The Morgan fingerprint density at radius 2 is 1.83 bits per heavy atom. The maximum absolute atomic E-state index is 15.2. The average Bonchev–Trinajstić information content (AvgIpc) is 3.32. The molecule has 0 saturated carbocycles. The molecule has 1 aliphatic heterocycles. The summed E-state index contributed by atoms with van der Waals surface area (Å²) >= 11 is 0. The van der Waals surface area contributed by atoms with Gasteiger partial charge in [0.2, 0.25) is 5.55 Å². The molecule has 184 valence electrons. The van der Waals surface area contributed by atoms with Crippen LogP contribution in [0.4, 0.5) is 21.0 Å². The average molecular weight is 499 g/mol. The highest BCUT2D eigenvalue weighted by atomic mass is 32.2. The molecule has 0 saturated heterocycles. The summed E-state index contributed by atoms with van der Waals surface area (Å²) in [6.07, 6.45) is 1.79. The van der Waals surface area contributed by atoms with Crippen LogP contribution in [0.15, 0.2) is 35.4 Å². The van der Waals surface area contributed by atoms with Gasteiger partial charge in [0, 0.05) is 35.0 Å². The topological polar surface area (TPSA) is 91.2 Å². The zero-order valence-corrected chi connectivity index (χ0v) is 21.1. The summed E-state index contributed by atoms with van der Waals surface area (Å²) in [5.74, 6) is 1.01. The van der Waals surface area contributed by atoms with E-state index in [1.54, 1.807) is 6.07 Å². The first-order valence-electron chi connectivity index (χ1n) is 11.5. The van der Waals surface area contributed by atoms with Gasteiger partial charge in [0.05, 0.1) is 5.52 Å². The van der Waals surface area contributed by atoms with Crippen molar-refractivity contribution in [2.75, 3.05) is 23.0 Å². The smallest absolute Gasteiger partial charge is 0.454 e. The van der Waals surface area contributed by atoms with E-state index in [9.17, 15) is 9.90 Å². The maximum Gasteiger partial charge on any atom is 0.491 e. The predicted molar refractivity (Wildman–Crippen MR) is 142 cm³/mol. The molecule has 1 atom stereocenters. The molecule has 35 heavy (non-hydrogen) atoms. The lowest BCUT2D eigenvalue weighted by Crippen LogP contribution is -2.27. The molecule has 10 heteroatoms. The highest BCUT2D eigenvalue weighted by Gasteiger charge is 2.25. The van der Waals surface area contributed by atoms with Crippen LogP contribution in [0.25, 0.3) is 10.9 Å². The van der Waals surface area contributed by atoms with Crippen LogP contribution in [0.2, 0.25) is 0 Å². The molecule has 2 heterocycles. The lowest BCUT2D eigenvalue weighted by Gasteiger charge is -2.25. The van der Waals surface area contributed by atoms with Gasteiger partial charge < -0.3 is 14.7 Å². The van der Waals surface area contributed by atoms with E-state index in [1.165, 1.54) is 22.1 Å². The van der Waals surface area contributed by atoms with Crippen molar-refractivity contribution in [3.63, 3.8) is 0 Å². The monoisotopic (exact) mass is 498 g/mol. The molecule has 1 unspecified atom stereocenters. The summed E-state index contributed by atoms with van der Waals surface area (Å²) in [6, 6.07) is 8.76. The first-order valence-corrected chi connectivity index (χ1v) is 13.0. The third kappa shape index (κ3) is 5.12. The Hall–Kier alpha value is -3.53. The Kier molecular flexibility index (Phi) is 7.30. The van der Waals surface area contributed by atoms with Gasteiger partial charge in [-0.25, -0.2) is 9.37 Å². The van der Waals surface area contributed by atoms with Crippen LogP contribution in [-0.2, 0) is 10.5 Å². The van der Waals surface area contributed by atoms with Crippen molar-refractivity contribution in [1.29, 1.82) is 0 Å². The zero-order valence-electron chi connectivity index (χ0n) is 20.2. The molecule has 0 radical (unpaired) electrons. The van der Waals surface area contributed by atoms with E-state index >= 15 is 4.39 Å². The molecule has 0 fully saturated rings. The van der Waals surface area contributed by atoms with E-state index in [-0.39, 0.29) is 11.7 Å². The van der Waals surface area contributed by atoms with Gasteiger partial charge >= 0.3 is 5.30 Å². The van der Waals surface area contributed by atoms with Crippen LogP contribution in [0, 0.1) is 19.7 Å². The summed E-state index contributed by atoms with van der Waals surface area (Å²) in [7, 11) is -1.56. The summed E-state index contributed by atoms with van der Waals surface area (Å²) in [6.45, 7) is 9.51. The van der Waals surface area contributed by atoms with Gasteiger partial charge in [0.25, 0.3) is 5.95 Å². The van der Waals surface area contributed by atoms with Crippen LogP contribution < -0.4 is 14.6 Å². The van der Waals surface area contributed by atoms with E-state index in [1.807, 2.05) is 32.0 Å². The number of nitrogens with zero attached hydrogens (tertiary/aromatic N) is 5. The molecule has 1 aliphatic rings. The van der Waals surface area contributed by atoms with Gasteiger partial charge in [0.15, 0.2) is 17.1 Å². The standard InChI is InChI=1S/C25H28FN5O3S/c1-5-10-30(11-6-2)23-18-12-21(34-22-16(3)8-7-9-17(22)4)19(26)13-20(18)28-24(29-23)31-15-35(14-27-31)25(32)33/h7-9,12-15H,5-6,10-11H2,1-4H3,(H,32,33)/p+1. The van der Waals surface area contributed by atoms with Crippen molar-refractivity contribution in [3.8, 4) is 11.5 Å². The number of hydrazone groups is 1. The van der Waals surface area contributed by atoms with Crippen molar-refractivity contribution in [1.82, 2.24) is 9.97 Å². The molecule has 3 aromatic rings. The van der Waals surface area contributed by atoms with Gasteiger partial charge in [0.1, 0.15) is 11.6 Å². The molecule has 0 amide bonds. The Bertz CT molecular complexity index is 1320. The van der Waals surface area contributed by atoms with E-state index in [0.29, 0.717) is 22.5 Å². The molecular weight excluding hydrogens is 469 g/mol. The molecule has 1 aromatic heterocycles. The lowest BCUT2D eigenvalue weighted by molar-refractivity contribution is 0.222. The highest BCUT2D eigenvalue weighted by molar-refractivity contribution is 8.19. The number of aryl methyl sites for hydroxylation is 2. The van der Waals surface area contributed by atoms with Crippen LogP contribution in [0.1, 0.15) is 37.8 Å². The van der Waals surface area contributed by atoms with Crippen molar-refractivity contribution >= 4 is 49.5 Å². The molecule has 1 N–H and O–H groups in total.